The van der Waals surface area contributed by atoms with E-state index in [0.29, 0.717) is 6.85 Å². The highest BCUT2D eigenvalue weighted by atomic mass is 15.0. The van der Waals surface area contributed by atoms with Crippen LogP contribution in [0.3, 0.4) is 0 Å². The third-order valence-electron chi connectivity index (χ3n) is 3.04. The molecule has 16 heavy (non-hydrogen) atoms. The van der Waals surface area contributed by atoms with Crippen LogP contribution in [0.2, 0.25) is 0 Å². The van der Waals surface area contributed by atoms with Crippen LogP contribution in [0.4, 0.5) is 0 Å². The maximum atomic E-state index is 2.24. The summed E-state index contributed by atoms with van der Waals surface area (Å²) in [6.07, 6.45) is 4.18. The van der Waals surface area contributed by atoms with Gasteiger partial charge in [0.2, 0.25) is 0 Å². The van der Waals surface area contributed by atoms with Gasteiger partial charge >= 0.3 is 6.85 Å². The largest absolute Gasteiger partial charge is 0.361 e. The van der Waals surface area contributed by atoms with Crippen LogP contribution in [0.25, 0.3) is 0 Å². The van der Waals surface area contributed by atoms with E-state index in [0.717, 1.165) is 0 Å². The minimum atomic E-state index is 0.306. The van der Waals surface area contributed by atoms with Gasteiger partial charge in [-0.25, -0.2) is 0 Å². The number of hydrogen-bond donors (Lipinski definition) is 0. The molecule has 3 nitrogen and oxygen atoms in total. The molecule has 0 saturated carbocycles. The van der Waals surface area contributed by atoms with Crippen LogP contribution >= 0.6 is 0 Å². The highest BCUT2D eigenvalue weighted by Crippen LogP contribution is 1.95. The van der Waals surface area contributed by atoms with Crippen molar-refractivity contribution in [2.75, 3.05) is 14.1 Å². The fourth-order valence-corrected chi connectivity index (χ4v) is 2.20. The van der Waals surface area contributed by atoms with E-state index in [9.17, 15) is 0 Å². The summed E-state index contributed by atoms with van der Waals surface area (Å²) in [6.45, 7) is 0.306. The van der Waals surface area contributed by atoms with Gasteiger partial charge in [0, 0.05) is 37.7 Å². The fourth-order valence-electron chi connectivity index (χ4n) is 2.20. The summed E-state index contributed by atoms with van der Waals surface area (Å²) in [4.78, 5) is 2.24. The maximum Gasteiger partial charge on any atom is 0.327 e. The van der Waals surface area contributed by atoms with E-state index < -0.39 is 0 Å². The Labute approximate surface area is 97.4 Å². The summed E-state index contributed by atoms with van der Waals surface area (Å²) >= 11 is 0. The van der Waals surface area contributed by atoms with Crippen LogP contribution in [0.1, 0.15) is 0 Å². The first-order valence-corrected chi connectivity index (χ1v) is 5.50. The van der Waals surface area contributed by atoms with Crippen LogP contribution in [-0.2, 0) is 14.1 Å². The van der Waals surface area contributed by atoms with Crippen molar-refractivity contribution in [3.8, 4) is 0 Å². The first-order chi connectivity index (χ1) is 7.61. The summed E-state index contributed by atoms with van der Waals surface area (Å²) in [5.74, 6) is 0. The highest BCUT2D eigenvalue weighted by molar-refractivity contribution is 6.81. The smallest absolute Gasteiger partial charge is 0.327 e. The quantitative estimate of drug-likeness (QED) is 0.658. The lowest BCUT2D eigenvalue weighted by atomic mass is 9.54. The van der Waals surface area contributed by atoms with Crippen LogP contribution < -0.4 is 11.2 Å². The van der Waals surface area contributed by atoms with Gasteiger partial charge in [-0.1, -0.05) is 0 Å². The minimum absolute atomic E-state index is 0.306. The van der Waals surface area contributed by atoms with Crippen molar-refractivity contribution in [3.05, 3.63) is 36.7 Å². The molecule has 2 rings (SSSR count). The van der Waals surface area contributed by atoms with Gasteiger partial charge in [0.05, 0.1) is 0 Å². The number of hydrogen-bond acceptors (Lipinski definition) is 1. The van der Waals surface area contributed by atoms with Crippen molar-refractivity contribution in [2.45, 2.75) is 0 Å². The molecule has 0 saturated heterocycles. The topological polar surface area (TPSA) is 13.1 Å². The van der Waals surface area contributed by atoms with E-state index in [1.54, 1.807) is 0 Å². The average molecular weight is 215 g/mol. The Hall–Kier alpha value is -1.42. The Bertz CT molecular complexity index is 430. The normalized spacial score (nSPS) is 11.1. The van der Waals surface area contributed by atoms with Gasteiger partial charge in [-0.15, -0.1) is 0 Å². The molecule has 0 atom stereocenters. The molecule has 0 radical (unpaired) electrons. The molecule has 2 aromatic rings. The Kier molecular flexibility index (Phi) is 2.92. The van der Waals surface area contributed by atoms with Gasteiger partial charge in [0.25, 0.3) is 0 Å². The summed E-state index contributed by atoms with van der Waals surface area (Å²) in [7, 11) is 8.42. The van der Waals surface area contributed by atoms with Gasteiger partial charge in [-0.3, -0.25) is 0 Å². The number of aryl methyl sites for hydroxylation is 2. The standard InChI is InChI=1S/C12H18BN3/c1-14(2)13(11-7-5-9-15(11)3)12-8-6-10-16(12)4/h5-10H,1-4H3. The molecule has 2 heterocycles. The fraction of sp³-hybridized carbons (Fsp3) is 0.333. The maximum absolute atomic E-state index is 2.24. The lowest BCUT2D eigenvalue weighted by Gasteiger charge is -2.22. The monoisotopic (exact) mass is 215 g/mol. The van der Waals surface area contributed by atoms with Crippen LogP contribution in [-0.4, -0.2) is 34.9 Å². The second-order valence-corrected chi connectivity index (χ2v) is 4.45. The summed E-state index contributed by atoms with van der Waals surface area (Å²) in [5.41, 5.74) is 2.62. The van der Waals surface area contributed by atoms with Gasteiger partial charge < -0.3 is 13.9 Å². The van der Waals surface area contributed by atoms with Crippen LogP contribution in [0.15, 0.2) is 36.7 Å². The number of rotatable bonds is 3. The Morgan fingerprint density at radius 1 is 0.938 bits per heavy atom. The molecule has 0 aliphatic heterocycles. The molecule has 0 bridgehead atoms. The molecule has 2 aromatic heterocycles. The zero-order valence-corrected chi connectivity index (χ0v) is 10.4. The van der Waals surface area contributed by atoms with Gasteiger partial charge in [-0.2, -0.15) is 0 Å². The molecule has 0 aliphatic rings. The van der Waals surface area contributed by atoms with Crippen molar-refractivity contribution in [3.63, 3.8) is 0 Å². The second kappa shape index (κ2) is 4.22. The SMILES string of the molecule is CN(C)B(c1cccn1C)c1cccn1C. The zero-order chi connectivity index (χ0) is 11.7. The highest BCUT2D eigenvalue weighted by Gasteiger charge is 2.26. The zero-order valence-electron chi connectivity index (χ0n) is 10.4. The first kappa shape index (κ1) is 11.1. The van der Waals surface area contributed by atoms with Crippen molar-refractivity contribution in [2.24, 2.45) is 14.1 Å². The summed E-state index contributed by atoms with van der Waals surface area (Å²) in [5, 5.41) is 0. The Morgan fingerprint density at radius 3 is 1.62 bits per heavy atom. The molecule has 0 spiro atoms. The van der Waals surface area contributed by atoms with E-state index in [-0.39, 0.29) is 0 Å². The van der Waals surface area contributed by atoms with E-state index in [1.165, 1.54) is 11.2 Å². The molecule has 0 aromatic carbocycles. The Balaban J connectivity index is 2.47. The average Bonchev–Trinajstić information content (AvgIpc) is 2.79. The summed E-state index contributed by atoms with van der Waals surface area (Å²) < 4.78 is 4.36. The third kappa shape index (κ3) is 1.81. The van der Waals surface area contributed by atoms with Gasteiger partial charge in [-0.05, 0) is 38.4 Å². The van der Waals surface area contributed by atoms with E-state index in [1.807, 2.05) is 0 Å². The predicted molar refractivity (Wildman–Crippen MR) is 69.5 cm³/mol. The molecule has 0 unspecified atom stereocenters. The van der Waals surface area contributed by atoms with Gasteiger partial charge in [0.15, 0.2) is 0 Å². The molecular weight excluding hydrogens is 197 g/mol. The first-order valence-electron chi connectivity index (χ1n) is 5.50. The van der Waals surface area contributed by atoms with Crippen molar-refractivity contribution in [1.82, 2.24) is 13.9 Å². The van der Waals surface area contributed by atoms with Crippen molar-refractivity contribution < 1.29 is 0 Å². The number of aromatic nitrogens is 2. The van der Waals surface area contributed by atoms with E-state index in [2.05, 4.69) is 78.8 Å². The summed E-state index contributed by atoms with van der Waals surface area (Å²) in [6, 6.07) is 8.54. The van der Waals surface area contributed by atoms with Crippen LogP contribution in [0.5, 0.6) is 0 Å². The molecule has 0 N–H and O–H groups in total. The van der Waals surface area contributed by atoms with Crippen molar-refractivity contribution in [1.29, 1.82) is 0 Å². The third-order valence-corrected chi connectivity index (χ3v) is 3.04. The lowest BCUT2D eigenvalue weighted by Crippen LogP contribution is -2.57. The van der Waals surface area contributed by atoms with Crippen LogP contribution in [0, 0.1) is 0 Å². The lowest BCUT2D eigenvalue weighted by molar-refractivity contribution is 0.651. The molecule has 84 valence electrons. The molecule has 0 fully saturated rings. The predicted octanol–water partition coefficient (Wildman–Crippen LogP) is 0.0309. The second-order valence-electron chi connectivity index (χ2n) is 4.45. The molecular formula is C12H18BN3. The van der Waals surface area contributed by atoms with E-state index >= 15 is 0 Å². The van der Waals surface area contributed by atoms with Crippen molar-refractivity contribution >= 4 is 18.0 Å². The molecule has 0 aliphatic carbocycles. The van der Waals surface area contributed by atoms with Gasteiger partial charge in [0.1, 0.15) is 0 Å². The Morgan fingerprint density at radius 2 is 1.38 bits per heavy atom. The molecule has 0 amide bonds. The molecule has 4 heteroatoms. The number of nitrogens with zero attached hydrogens (tertiary/aromatic N) is 3. The van der Waals surface area contributed by atoms with E-state index in [4.69, 9.17) is 0 Å². The minimum Gasteiger partial charge on any atom is -0.361 e.